The number of anilines is 1. The van der Waals surface area contributed by atoms with E-state index in [1.807, 2.05) is 66.7 Å². The standard InChI is InChI=1S/C26H24N2O2/c29-26(23-11-6-10-22-21-9-4-5-12-24(21)28-25(22)23)27-19-13-15-20(16-14-19)30-17-18-7-2-1-3-8-18/h1-3,6-8,10-11,13-16,28H,4-5,9,12,17H2,(H,27,29). The Balaban J connectivity index is 1.30. The fourth-order valence-corrected chi connectivity index (χ4v) is 4.19. The van der Waals surface area contributed by atoms with Gasteiger partial charge in [-0.15, -0.1) is 0 Å². The first-order valence-electron chi connectivity index (χ1n) is 10.5. The van der Waals surface area contributed by atoms with Gasteiger partial charge in [-0.2, -0.15) is 0 Å². The van der Waals surface area contributed by atoms with Crippen LogP contribution >= 0.6 is 0 Å². The molecule has 0 aliphatic heterocycles. The lowest BCUT2D eigenvalue weighted by molar-refractivity contribution is 0.102. The number of carbonyl (C=O) groups excluding carboxylic acids is 1. The van der Waals surface area contributed by atoms with E-state index in [4.69, 9.17) is 4.74 Å². The molecule has 0 fully saturated rings. The number of aryl methyl sites for hydroxylation is 2. The molecule has 30 heavy (non-hydrogen) atoms. The molecule has 0 unspecified atom stereocenters. The molecule has 2 N–H and O–H groups in total. The second kappa shape index (κ2) is 8.07. The number of amides is 1. The van der Waals surface area contributed by atoms with E-state index in [2.05, 4.69) is 16.4 Å². The van der Waals surface area contributed by atoms with Gasteiger partial charge in [-0.1, -0.05) is 42.5 Å². The van der Waals surface area contributed by atoms with E-state index >= 15 is 0 Å². The number of aromatic nitrogens is 1. The van der Waals surface area contributed by atoms with Gasteiger partial charge in [-0.05, 0) is 67.1 Å². The molecule has 4 aromatic rings. The van der Waals surface area contributed by atoms with Gasteiger partial charge in [0.25, 0.3) is 5.91 Å². The van der Waals surface area contributed by atoms with Gasteiger partial charge >= 0.3 is 0 Å². The predicted octanol–water partition coefficient (Wildman–Crippen LogP) is 5.88. The molecule has 0 atom stereocenters. The number of benzene rings is 3. The summed E-state index contributed by atoms with van der Waals surface area (Å²) >= 11 is 0. The zero-order valence-corrected chi connectivity index (χ0v) is 16.8. The van der Waals surface area contributed by atoms with E-state index in [0.29, 0.717) is 12.2 Å². The quantitative estimate of drug-likeness (QED) is 0.443. The normalized spacial score (nSPS) is 13.1. The van der Waals surface area contributed by atoms with Crippen molar-refractivity contribution in [1.82, 2.24) is 4.98 Å². The fraction of sp³-hybridized carbons (Fsp3) is 0.192. The van der Waals surface area contributed by atoms with Crippen LogP contribution in [-0.4, -0.2) is 10.9 Å². The van der Waals surface area contributed by atoms with Gasteiger partial charge in [0, 0.05) is 16.8 Å². The smallest absolute Gasteiger partial charge is 0.257 e. The number of aromatic amines is 1. The summed E-state index contributed by atoms with van der Waals surface area (Å²) in [4.78, 5) is 16.5. The van der Waals surface area contributed by atoms with Crippen LogP contribution in [0.3, 0.4) is 0 Å². The van der Waals surface area contributed by atoms with E-state index in [9.17, 15) is 4.79 Å². The molecule has 4 nitrogen and oxygen atoms in total. The molecule has 0 bridgehead atoms. The average molecular weight is 396 g/mol. The second-order valence-electron chi connectivity index (χ2n) is 7.77. The molecule has 1 aliphatic carbocycles. The number of fused-ring (bicyclic) bond motifs is 3. The van der Waals surface area contributed by atoms with Crippen LogP contribution in [-0.2, 0) is 19.4 Å². The Hall–Kier alpha value is -3.53. The van der Waals surface area contributed by atoms with Crippen molar-refractivity contribution in [3.05, 3.63) is 95.2 Å². The number of H-pyrrole nitrogens is 1. The first kappa shape index (κ1) is 18.5. The molecule has 0 saturated carbocycles. The maximum Gasteiger partial charge on any atom is 0.257 e. The summed E-state index contributed by atoms with van der Waals surface area (Å²) in [6.07, 6.45) is 4.58. The molecule has 0 saturated heterocycles. The van der Waals surface area contributed by atoms with E-state index in [0.717, 1.165) is 35.4 Å². The highest BCUT2D eigenvalue weighted by molar-refractivity contribution is 6.12. The monoisotopic (exact) mass is 396 g/mol. The SMILES string of the molecule is O=C(Nc1ccc(OCc2ccccc2)cc1)c1cccc2c3c([nH]c12)CCCC3. The van der Waals surface area contributed by atoms with Crippen molar-refractivity contribution in [2.45, 2.75) is 32.3 Å². The second-order valence-corrected chi connectivity index (χ2v) is 7.77. The first-order valence-corrected chi connectivity index (χ1v) is 10.5. The molecule has 5 rings (SSSR count). The number of ether oxygens (including phenoxy) is 1. The third-order valence-corrected chi connectivity index (χ3v) is 5.74. The summed E-state index contributed by atoms with van der Waals surface area (Å²) in [5.41, 5.74) is 6.18. The fourth-order valence-electron chi connectivity index (χ4n) is 4.19. The van der Waals surface area contributed by atoms with Crippen molar-refractivity contribution < 1.29 is 9.53 Å². The lowest BCUT2D eigenvalue weighted by Crippen LogP contribution is -2.12. The number of carbonyl (C=O) groups is 1. The lowest BCUT2D eigenvalue weighted by Gasteiger charge is -2.10. The summed E-state index contributed by atoms with van der Waals surface area (Å²) in [7, 11) is 0. The molecule has 1 aromatic heterocycles. The number of rotatable bonds is 5. The topological polar surface area (TPSA) is 54.1 Å². The Morgan fingerprint density at radius 1 is 0.900 bits per heavy atom. The molecule has 4 heteroatoms. The maximum atomic E-state index is 13.0. The van der Waals surface area contributed by atoms with Crippen molar-refractivity contribution in [2.75, 3.05) is 5.32 Å². The minimum atomic E-state index is -0.0999. The third kappa shape index (κ3) is 3.69. The van der Waals surface area contributed by atoms with E-state index in [-0.39, 0.29) is 5.91 Å². The Kier molecular flexibility index (Phi) is 4.98. The minimum Gasteiger partial charge on any atom is -0.489 e. The predicted molar refractivity (Wildman–Crippen MR) is 120 cm³/mol. The lowest BCUT2D eigenvalue weighted by atomic mass is 9.95. The Bertz CT molecular complexity index is 1180. The zero-order chi connectivity index (χ0) is 20.3. The number of nitrogens with one attached hydrogen (secondary N) is 2. The molecule has 3 aromatic carbocycles. The third-order valence-electron chi connectivity index (χ3n) is 5.74. The molecule has 0 spiro atoms. The molecule has 1 amide bonds. The Morgan fingerprint density at radius 2 is 1.70 bits per heavy atom. The van der Waals surface area contributed by atoms with Crippen LogP contribution < -0.4 is 10.1 Å². The molecular formula is C26H24N2O2. The van der Waals surface area contributed by atoms with E-state index in [1.165, 1.54) is 29.5 Å². The minimum absolute atomic E-state index is 0.0999. The van der Waals surface area contributed by atoms with Crippen LogP contribution in [0.1, 0.15) is 40.0 Å². The summed E-state index contributed by atoms with van der Waals surface area (Å²) < 4.78 is 5.82. The van der Waals surface area contributed by atoms with E-state index < -0.39 is 0 Å². The largest absolute Gasteiger partial charge is 0.489 e. The Morgan fingerprint density at radius 3 is 2.53 bits per heavy atom. The average Bonchev–Trinajstić information content (AvgIpc) is 3.18. The van der Waals surface area contributed by atoms with Crippen LogP contribution in [0.15, 0.2) is 72.8 Å². The summed E-state index contributed by atoms with van der Waals surface area (Å²) in [6, 6.07) is 23.5. The number of hydrogen-bond acceptors (Lipinski definition) is 2. The summed E-state index contributed by atoms with van der Waals surface area (Å²) in [5.74, 6) is 0.674. The first-order chi connectivity index (χ1) is 14.8. The highest BCUT2D eigenvalue weighted by Gasteiger charge is 2.19. The van der Waals surface area contributed by atoms with Crippen LogP contribution in [0.25, 0.3) is 10.9 Å². The summed E-state index contributed by atoms with van der Waals surface area (Å²) in [6.45, 7) is 0.520. The molecule has 150 valence electrons. The maximum absolute atomic E-state index is 13.0. The van der Waals surface area contributed by atoms with Crippen LogP contribution in [0, 0.1) is 0 Å². The number of para-hydroxylation sites is 1. The molecular weight excluding hydrogens is 372 g/mol. The molecule has 0 radical (unpaired) electrons. The van der Waals surface area contributed by atoms with Gasteiger partial charge in [0.2, 0.25) is 0 Å². The van der Waals surface area contributed by atoms with Gasteiger partial charge in [-0.25, -0.2) is 0 Å². The van der Waals surface area contributed by atoms with E-state index in [1.54, 1.807) is 0 Å². The highest BCUT2D eigenvalue weighted by Crippen LogP contribution is 2.31. The van der Waals surface area contributed by atoms with Crippen LogP contribution in [0.4, 0.5) is 5.69 Å². The van der Waals surface area contributed by atoms with Gasteiger partial charge < -0.3 is 15.0 Å². The number of hydrogen-bond donors (Lipinski definition) is 2. The van der Waals surface area contributed by atoms with Crippen LogP contribution in [0.2, 0.25) is 0 Å². The zero-order valence-electron chi connectivity index (χ0n) is 16.8. The summed E-state index contributed by atoms with van der Waals surface area (Å²) in [5, 5.41) is 4.20. The van der Waals surface area contributed by atoms with Crippen molar-refractivity contribution in [1.29, 1.82) is 0 Å². The van der Waals surface area contributed by atoms with Crippen molar-refractivity contribution in [3.63, 3.8) is 0 Å². The Labute approximate surface area is 175 Å². The van der Waals surface area contributed by atoms with Crippen LogP contribution in [0.5, 0.6) is 5.75 Å². The van der Waals surface area contributed by atoms with Gasteiger partial charge in [0.15, 0.2) is 0 Å². The molecule has 1 aliphatic rings. The van der Waals surface area contributed by atoms with Gasteiger partial charge in [0.05, 0.1) is 11.1 Å². The van der Waals surface area contributed by atoms with Crippen molar-refractivity contribution >= 4 is 22.5 Å². The molecule has 1 heterocycles. The van der Waals surface area contributed by atoms with Crippen molar-refractivity contribution in [2.24, 2.45) is 0 Å². The van der Waals surface area contributed by atoms with Gasteiger partial charge in [-0.3, -0.25) is 4.79 Å². The highest BCUT2D eigenvalue weighted by atomic mass is 16.5. The van der Waals surface area contributed by atoms with Crippen molar-refractivity contribution in [3.8, 4) is 5.75 Å². The van der Waals surface area contributed by atoms with Gasteiger partial charge in [0.1, 0.15) is 12.4 Å².